The molecule has 4 heterocycles. The molecule has 0 radical (unpaired) electrons. The molecular weight excluding hydrogens is 1020 g/mol. The van der Waals surface area contributed by atoms with Crippen LogP contribution in [0, 0.1) is 29.7 Å². The van der Waals surface area contributed by atoms with Crippen LogP contribution in [0.25, 0.3) is 69.8 Å². The molecule has 0 N–H and O–H groups in total. The lowest BCUT2D eigenvalue weighted by Crippen LogP contribution is -2.54. The van der Waals surface area contributed by atoms with Crippen molar-refractivity contribution in [1.82, 2.24) is 18.9 Å². The summed E-state index contributed by atoms with van der Waals surface area (Å²) < 4.78 is 20.0. The molecule has 0 amide bonds. The maximum absolute atomic E-state index is 12.4. The lowest BCUT2D eigenvalue weighted by Gasteiger charge is -2.24. The van der Waals surface area contributed by atoms with Gasteiger partial charge in [0, 0.05) is 38.6 Å². The van der Waals surface area contributed by atoms with Gasteiger partial charge in [0.2, 0.25) is 5.70 Å². The van der Waals surface area contributed by atoms with Crippen molar-refractivity contribution in [2.45, 2.75) is 27.7 Å². The quantitative estimate of drug-likeness (QED) is 0.0711. The number of para-hydroxylation sites is 2. The molecule has 0 saturated heterocycles. The molecule has 0 aliphatic heterocycles. The Labute approximate surface area is 474 Å². The molecule has 386 valence electrons. The normalized spacial score (nSPS) is 12.2. The van der Waals surface area contributed by atoms with Crippen LogP contribution in [0.2, 0.25) is 0 Å². The smallest absolute Gasteiger partial charge is 0.328 e. The van der Waals surface area contributed by atoms with Crippen LogP contribution in [0.5, 0.6) is 11.5 Å². The van der Waals surface area contributed by atoms with Crippen molar-refractivity contribution >= 4 is 101 Å². The number of nitriles is 1. The molecule has 4 aromatic heterocycles. The van der Waals surface area contributed by atoms with Crippen molar-refractivity contribution in [3.8, 4) is 40.1 Å². The fraction of sp³-hybridized carbons (Fsp3) is 0.118. The van der Waals surface area contributed by atoms with E-state index in [4.69, 9.17) is 19.4 Å². The van der Waals surface area contributed by atoms with E-state index in [-0.39, 0.29) is 11.8 Å². The van der Waals surface area contributed by atoms with Crippen molar-refractivity contribution in [3.63, 3.8) is 0 Å². The van der Waals surface area contributed by atoms with Crippen molar-refractivity contribution in [2.24, 2.45) is 11.8 Å². The van der Waals surface area contributed by atoms with Crippen molar-refractivity contribution in [1.29, 1.82) is 5.26 Å². The number of hydrogen-bond donors (Lipinski definition) is 0. The first-order valence-electron chi connectivity index (χ1n) is 27.0. The number of thiazole rings is 2. The van der Waals surface area contributed by atoms with Gasteiger partial charge in [-0.25, -0.2) is 14.8 Å². The molecule has 8 nitrogen and oxygen atoms in total. The summed E-state index contributed by atoms with van der Waals surface area (Å²) in [5.41, 5.74) is 9.63. The van der Waals surface area contributed by atoms with Crippen LogP contribution < -0.4 is 42.0 Å². The average Bonchev–Trinajstić information content (AvgIpc) is 2.94. The van der Waals surface area contributed by atoms with E-state index in [0.29, 0.717) is 56.7 Å². The van der Waals surface area contributed by atoms with Crippen molar-refractivity contribution in [2.75, 3.05) is 13.2 Å². The maximum Gasteiger partial charge on any atom is 0.328 e. The molecule has 0 unspecified atom stereocenters. The number of rotatable bonds is 16. The number of aromatic nitrogens is 4. The number of ether oxygens (including phenoxy) is 2. The summed E-state index contributed by atoms with van der Waals surface area (Å²) in [5.74, 6) is 1.94. The minimum absolute atomic E-state index is 0.268. The van der Waals surface area contributed by atoms with Crippen LogP contribution in [0.1, 0.15) is 37.7 Å². The third-order valence-electron chi connectivity index (χ3n) is 14.2. The second-order valence-corrected chi connectivity index (χ2v) is 22.8. The largest absolute Gasteiger partial charge is 0.493 e. The molecule has 12 rings (SSSR count). The van der Waals surface area contributed by atoms with E-state index < -0.39 is 13.7 Å². The Bertz CT molecular complexity index is 3990. The molecule has 0 fully saturated rings. The Kier molecular flexibility index (Phi) is 14.6. The highest BCUT2D eigenvalue weighted by molar-refractivity contribution is 7.20. The summed E-state index contributed by atoms with van der Waals surface area (Å²) in [5, 5.41) is 16.4. The first kappa shape index (κ1) is 51.6. The molecule has 12 heteroatoms. The topological polar surface area (TPSA) is 82.2 Å². The minimum atomic E-state index is -0.527. The van der Waals surface area contributed by atoms with Crippen molar-refractivity contribution in [3.05, 3.63) is 251 Å². The summed E-state index contributed by atoms with van der Waals surface area (Å²) in [7, 11) is 0. The second-order valence-electron chi connectivity index (χ2n) is 20.7. The SMILES string of the molecule is [C-]#[N+]/C(c1nc2ccccc2s1)=c1\c2c(-c3cccc(OCC(C)C)c3)n(B(c3ccccc3)c3ccccc3)/c(=C(/C#N)c3nc4ccccc4s3)c2c(-c2cccc(OCC(C)C)c2)n1B(c1ccccc1)c1ccccc1. The van der Waals surface area contributed by atoms with E-state index in [2.05, 4.69) is 181 Å². The fourth-order valence-electron chi connectivity index (χ4n) is 10.8. The molecule has 0 saturated carbocycles. The predicted octanol–water partition coefficient (Wildman–Crippen LogP) is 12.2. The third-order valence-corrected chi connectivity index (χ3v) is 16.3. The lowest BCUT2D eigenvalue weighted by atomic mass is 9.50. The van der Waals surface area contributed by atoms with Gasteiger partial charge in [0.25, 0.3) is 0 Å². The van der Waals surface area contributed by atoms with E-state index in [9.17, 15) is 11.8 Å². The summed E-state index contributed by atoms with van der Waals surface area (Å²) in [6.07, 6.45) is 0. The van der Waals surface area contributed by atoms with Gasteiger partial charge in [-0.3, -0.25) is 0 Å². The Balaban J connectivity index is 1.43. The molecular formula is C68H54B2N6O2S2. The standard InChI is InChI=1S/C68H54B2N6O2S2/c1-45(2)43-77-53-34-22-24-47(40-53)63-60-61(66(62(72-5)68-74-57-37-19-21-39-59(57)80-68)76(63)70(51-30-14-8-15-31-51)52-32-16-9-17-33-52)64(48-25-23-35-54(41-48)78-44-46(3)4)75(69(49-26-10-6-11-27-49)50-28-12-7-13-29-50)65(60)55(42-71)67-73-56-36-18-20-38-58(56)79-67/h6-41,45-46H,43-44H2,1-4H3/b65-55-,66-62+. The van der Waals surface area contributed by atoms with Gasteiger partial charge in [-0.1, -0.05) is 219 Å². The van der Waals surface area contributed by atoms with Crippen LogP contribution in [-0.2, 0) is 0 Å². The second kappa shape index (κ2) is 22.6. The Morgan fingerprint density at radius 1 is 0.512 bits per heavy atom. The lowest BCUT2D eigenvalue weighted by molar-refractivity contribution is 0.271. The van der Waals surface area contributed by atoms with Crippen LogP contribution in [0.4, 0.5) is 0 Å². The van der Waals surface area contributed by atoms with E-state index in [1.54, 1.807) is 0 Å². The van der Waals surface area contributed by atoms with E-state index >= 15 is 0 Å². The van der Waals surface area contributed by atoms with E-state index in [1.807, 2.05) is 84.9 Å². The zero-order valence-corrected chi connectivity index (χ0v) is 46.5. The monoisotopic (exact) mass is 1070 g/mol. The first-order valence-corrected chi connectivity index (χ1v) is 28.6. The zero-order chi connectivity index (χ0) is 54.7. The van der Waals surface area contributed by atoms with Crippen LogP contribution in [-0.4, -0.2) is 45.8 Å². The number of benzene rings is 8. The Morgan fingerprint density at radius 3 is 1.31 bits per heavy atom. The predicted molar refractivity (Wildman–Crippen MR) is 334 cm³/mol. The summed E-state index contributed by atoms with van der Waals surface area (Å²) >= 11 is 3.01. The number of hydrogen-bond acceptors (Lipinski definition) is 7. The molecule has 0 aliphatic carbocycles. The van der Waals surface area contributed by atoms with Crippen LogP contribution in [0.15, 0.2) is 218 Å². The summed E-state index contributed by atoms with van der Waals surface area (Å²) in [6.45, 7) is 18.2. The fourth-order valence-corrected chi connectivity index (χ4v) is 12.8. The molecule has 0 aliphatic rings. The van der Waals surface area contributed by atoms with Crippen LogP contribution >= 0.6 is 22.7 Å². The minimum Gasteiger partial charge on any atom is -0.493 e. The average molecular weight is 1070 g/mol. The molecule has 0 spiro atoms. The van der Waals surface area contributed by atoms with Gasteiger partial charge in [-0.15, -0.1) is 22.7 Å². The highest BCUT2D eigenvalue weighted by atomic mass is 32.1. The van der Waals surface area contributed by atoms with Gasteiger partial charge in [0.05, 0.1) is 45.6 Å². The van der Waals surface area contributed by atoms with Gasteiger partial charge in [0.1, 0.15) is 33.2 Å². The number of nitrogens with zero attached hydrogens (tertiary/aromatic N) is 6. The molecule has 12 aromatic rings. The summed E-state index contributed by atoms with van der Waals surface area (Å²) in [4.78, 5) is 15.3. The van der Waals surface area contributed by atoms with Gasteiger partial charge >= 0.3 is 13.7 Å². The Hall–Kier alpha value is -9.19. The highest BCUT2D eigenvalue weighted by Crippen LogP contribution is 2.40. The molecule has 8 aromatic carbocycles. The molecule has 0 atom stereocenters. The van der Waals surface area contributed by atoms with Gasteiger partial charge in [-0.05, 0) is 60.4 Å². The van der Waals surface area contributed by atoms with Crippen molar-refractivity contribution < 1.29 is 9.47 Å². The maximum atomic E-state index is 12.4. The van der Waals surface area contributed by atoms with Gasteiger partial charge in [-0.2, -0.15) is 5.26 Å². The third kappa shape index (κ3) is 9.90. The molecule has 80 heavy (non-hydrogen) atoms. The zero-order valence-electron chi connectivity index (χ0n) is 44.8. The van der Waals surface area contributed by atoms with Gasteiger partial charge < -0.3 is 18.4 Å². The van der Waals surface area contributed by atoms with Crippen LogP contribution in [0.3, 0.4) is 0 Å². The Morgan fingerprint density at radius 2 is 0.900 bits per heavy atom. The van der Waals surface area contributed by atoms with E-state index in [0.717, 1.165) is 75.6 Å². The first-order chi connectivity index (χ1) is 39.3. The van der Waals surface area contributed by atoms with E-state index in [1.165, 1.54) is 22.7 Å². The number of fused-ring (bicyclic) bond motifs is 3. The molecule has 0 bridgehead atoms. The van der Waals surface area contributed by atoms with Gasteiger partial charge in [0.15, 0.2) is 0 Å². The highest BCUT2D eigenvalue weighted by Gasteiger charge is 2.38. The summed E-state index contributed by atoms with van der Waals surface area (Å²) in [6, 6.07) is 77.7.